The van der Waals surface area contributed by atoms with Crippen LogP contribution in [0, 0.1) is 5.41 Å². The van der Waals surface area contributed by atoms with Crippen LogP contribution in [0.2, 0.25) is 0 Å². The van der Waals surface area contributed by atoms with Gasteiger partial charge in [0, 0.05) is 14.1 Å². The van der Waals surface area contributed by atoms with E-state index in [1.54, 1.807) is 0 Å². The Morgan fingerprint density at radius 3 is 0.837 bits per heavy atom. The predicted molar refractivity (Wildman–Crippen MR) is 181 cm³/mol. The minimum absolute atomic E-state index is 0.717. The molecule has 2 aliphatic heterocycles. The summed E-state index contributed by atoms with van der Waals surface area (Å²) in [6.07, 6.45) is 2.28. The van der Waals surface area contributed by atoms with Gasteiger partial charge in [-0.15, -0.1) is 0 Å². The van der Waals surface area contributed by atoms with E-state index in [2.05, 4.69) is 74.5 Å². The van der Waals surface area contributed by atoms with Crippen LogP contribution in [-0.2, 0) is 25.6 Å². The summed E-state index contributed by atoms with van der Waals surface area (Å²) in [6, 6.07) is 33.1. The Bertz CT molecular complexity index is 981. The highest BCUT2D eigenvalue weighted by atomic mass is 16.2. The molecule has 6 heteroatoms. The van der Waals surface area contributed by atoms with Gasteiger partial charge in [0.25, 0.3) is 29.0 Å². The zero-order chi connectivity index (χ0) is 33.8. The standard InChI is InChI=1S/C13H12.C7H6N2O4.C6H6.C3H8.4C2H6/c1-3-7-12(8-4-1)11-13-9-5-2-6-10-13;1-8-3(10)7(4(8)11)5(12)9(2)6(7)13;1-2-4-6-5-3-1;1-3-2;4*1-2/h1-10H,11H2;1-2H3;1-6H;3H2,1-2H3;4*1-2H3. The molecule has 0 aromatic heterocycles. The molecule has 0 aliphatic carbocycles. The fraction of sp³-hybridized carbons (Fsp3) is 0.405. The van der Waals surface area contributed by atoms with Crippen LogP contribution in [-0.4, -0.2) is 47.5 Å². The lowest BCUT2D eigenvalue weighted by atomic mass is 9.69. The first-order valence-electron chi connectivity index (χ1n) is 15.5. The van der Waals surface area contributed by atoms with Crippen LogP contribution in [0.4, 0.5) is 0 Å². The van der Waals surface area contributed by atoms with Crippen LogP contribution < -0.4 is 0 Å². The molecule has 0 bridgehead atoms. The lowest BCUT2D eigenvalue weighted by molar-refractivity contribution is -0.196. The van der Waals surface area contributed by atoms with E-state index < -0.39 is 29.0 Å². The molecule has 0 unspecified atom stereocenters. The van der Waals surface area contributed by atoms with Crippen molar-refractivity contribution >= 4 is 23.6 Å². The molecule has 238 valence electrons. The number of carbonyl (C=O) groups is 4. The van der Waals surface area contributed by atoms with Gasteiger partial charge < -0.3 is 0 Å². The van der Waals surface area contributed by atoms with E-state index in [-0.39, 0.29) is 0 Å². The summed E-state index contributed by atoms with van der Waals surface area (Å²) in [7, 11) is 2.49. The minimum atomic E-state index is -1.98. The van der Waals surface area contributed by atoms with Gasteiger partial charge in [-0.2, -0.15) is 0 Å². The van der Waals surface area contributed by atoms with Gasteiger partial charge in [0.1, 0.15) is 0 Å². The van der Waals surface area contributed by atoms with Gasteiger partial charge in [-0.25, -0.2) is 0 Å². The van der Waals surface area contributed by atoms with E-state index in [0.717, 1.165) is 16.2 Å². The normalized spacial score (nSPS) is 12.7. The number of benzene rings is 3. The highest BCUT2D eigenvalue weighted by Crippen LogP contribution is 2.43. The number of hydrogen-bond acceptors (Lipinski definition) is 4. The highest BCUT2D eigenvalue weighted by Gasteiger charge is 2.78. The van der Waals surface area contributed by atoms with Crippen LogP contribution in [0.15, 0.2) is 97.1 Å². The molecule has 1 spiro atoms. The molecule has 3 aromatic rings. The Hall–Kier alpha value is -4.06. The van der Waals surface area contributed by atoms with Crippen molar-refractivity contribution in [1.82, 2.24) is 9.80 Å². The number of hydrogen-bond donors (Lipinski definition) is 0. The third kappa shape index (κ3) is 12.8. The fourth-order valence-corrected chi connectivity index (χ4v) is 3.45. The minimum Gasteiger partial charge on any atom is -0.282 e. The number of β-lactam (4-membered cyclic amide) rings is 4. The molecule has 5 rings (SSSR count). The van der Waals surface area contributed by atoms with Gasteiger partial charge in [0.15, 0.2) is 0 Å². The quantitative estimate of drug-likeness (QED) is 0.221. The smallest absolute Gasteiger partial charge is 0.282 e. The first-order valence-corrected chi connectivity index (χ1v) is 15.5. The molecule has 2 heterocycles. The van der Waals surface area contributed by atoms with E-state index in [0.29, 0.717) is 0 Å². The molecule has 0 N–H and O–H groups in total. The second kappa shape index (κ2) is 26.8. The van der Waals surface area contributed by atoms with Crippen molar-refractivity contribution in [2.75, 3.05) is 14.1 Å². The summed E-state index contributed by atoms with van der Waals surface area (Å²) < 4.78 is 0. The van der Waals surface area contributed by atoms with E-state index in [1.807, 2.05) is 91.8 Å². The van der Waals surface area contributed by atoms with Gasteiger partial charge in [-0.05, 0) is 17.5 Å². The topological polar surface area (TPSA) is 74.8 Å². The Kier molecular flexibility index (Phi) is 27.1. The Balaban J connectivity index is -0.000000497. The fourth-order valence-electron chi connectivity index (χ4n) is 3.45. The maximum atomic E-state index is 11.2. The molecule has 0 saturated carbocycles. The predicted octanol–water partition coefficient (Wildman–Crippen LogP) is 8.46. The average molecular weight is 593 g/mol. The molecule has 3 aromatic carbocycles. The van der Waals surface area contributed by atoms with Crippen molar-refractivity contribution in [3.05, 3.63) is 108 Å². The van der Waals surface area contributed by atoms with Gasteiger partial charge in [0.2, 0.25) is 0 Å². The van der Waals surface area contributed by atoms with Crippen LogP contribution in [0.25, 0.3) is 0 Å². The van der Waals surface area contributed by atoms with Crippen molar-refractivity contribution in [3.63, 3.8) is 0 Å². The Morgan fingerprint density at radius 1 is 0.442 bits per heavy atom. The number of carbonyl (C=O) groups excluding carboxylic acids is 4. The number of amides is 4. The highest BCUT2D eigenvalue weighted by molar-refractivity contribution is 6.52. The molecule has 0 radical (unpaired) electrons. The molecule has 2 aliphatic rings. The summed E-state index contributed by atoms with van der Waals surface area (Å²) in [4.78, 5) is 46.3. The molecule has 2 fully saturated rings. The van der Waals surface area contributed by atoms with Crippen molar-refractivity contribution < 1.29 is 19.2 Å². The zero-order valence-corrected chi connectivity index (χ0v) is 28.7. The van der Waals surface area contributed by atoms with Crippen LogP contribution in [0.3, 0.4) is 0 Å². The molecule has 0 atom stereocenters. The van der Waals surface area contributed by atoms with E-state index >= 15 is 0 Å². The van der Waals surface area contributed by atoms with Crippen molar-refractivity contribution in [2.24, 2.45) is 5.41 Å². The summed E-state index contributed by atoms with van der Waals surface area (Å²) in [6.45, 7) is 20.2. The number of imide groups is 2. The number of likely N-dealkylation sites (tertiary alicyclic amines) is 2. The maximum absolute atomic E-state index is 11.2. The monoisotopic (exact) mass is 592 g/mol. The third-order valence-corrected chi connectivity index (χ3v) is 5.26. The van der Waals surface area contributed by atoms with Gasteiger partial charge in [0.05, 0.1) is 0 Å². The van der Waals surface area contributed by atoms with Crippen molar-refractivity contribution in [3.8, 4) is 0 Å². The van der Waals surface area contributed by atoms with Crippen molar-refractivity contribution in [1.29, 1.82) is 0 Å². The van der Waals surface area contributed by atoms with E-state index in [1.165, 1.54) is 31.6 Å². The third-order valence-electron chi connectivity index (χ3n) is 5.26. The van der Waals surface area contributed by atoms with Crippen LogP contribution in [0.1, 0.15) is 86.8 Å². The average Bonchev–Trinajstić information content (AvgIpc) is 3.10. The molecular weight excluding hydrogens is 536 g/mol. The van der Waals surface area contributed by atoms with E-state index in [4.69, 9.17) is 0 Å². The number of rotatable bonds is 2. The van der Waals surface area contributed by atoms with Crippen LogP contribution >= 0.6 is 0 Å². The molecule has 6 nitrogen and oxygen atoms in total. The zero-order valence-electron chi connectivity index (χ0n) is 28.7. The van der Waals surface area contributed by atoms with Gasteiger partial charge >= 0.3 is 0 Å². The molecule has 2 saturated heterocycles. The summed E-state index contributed by atoms with van der Waals surface area (Å²) in [5.74, 6) is -2.87. The molecule has 4 amide bonds. The molecular formula is C37H56N2O4. The Morgan fingerprint density at radius 2 is 0.628 bits per heavy atom. The largest absolute Gasteiger partial charge is 0.284 e. The first-order chi connectivity index (χ1) is 20.8. The maximum Gasteiger partial charge on any atom is 0.284 e. The summed E-state index contributed by atoms with van der Waals surface area (Å²) >= 11 is 0. The second-order valence-corrected chi connectivity index (χ2v) is 8.10. The first kappa shape index (κ1) is 43.4. The summed E-state index contributed by atoms with van der Waals surface area (Å²) in [5, 5.41) is 0. The second-order valence-electron chi connectivity index (χ2n) is 8.10. The molecule has 43 heavy (non-hydrogen) atoms. The lowest BCUT2D eigenvalue weighted by Crippen LogP contribution is -2.82. The Labute approximate surface area is 262 Å². The van der Waals surface area contributed by atoms with Crippen molar-refractivity contribution in [2.45, 2.75) is 82.1 Å². The van der Waals surface area contributed by atoms with E-state index in [9.17, 15) is 19.2 Å². The SMILES string of the molecule is CC.CC.CC.CC.CCC.CN1C(=O)C2(C1=O)C(=O)N(C)C2=O.c1ccc(Cc2ccccc2)cc1.c1ccccc1. The van der Waals surface area contributed by atoms with Crippen LogP contribution in [0.5, 0.6) is 0 Å². The number of nitrogens with zero attached hydrogens (tertiary/aromatic N) is 2. The summed E-state index contributed by atoms with van der Waals surface area (Å²) in [5.41, 5.74) is 0.756. The van der Waals surface area contributed by atoms with Gasteiger partial charge in [-0.1, -0.05) is 173 Å². The van der Waals surface area contributed by atoms with Gasteiger partial charge in [-0.3, -0.25) is 29.0 Å². The lowest BCUT2D eigenvalue weighted by Gasteiger charge is -2.50.